The molecule has 7 nitrogen and oxygen atoms in total. The van der Waals surface area contributed by atoms with Gasteiger partial charge in [0.25, 0.3) is 0 Å². The van der Waals surface area contributed by atoms with Gasteiger partial charge in [0.15, 0.2) is 0 Å². The van der Waals surface area contributed by atoms with Crippen LogP contribution in [0.3, 0.4) is 0 Å². The predicted molar refractivity (Wildman–Crippen MR) is 86.1 cm³/mol. The second-order valence-corrected chi connectivity index (χ2v) is 6.62. The molecule has 2 saturated heterocycles. The van der Waals surface area contributed by atoms with Crippen molar-refractivity contribution in [3.8, 4) is 0 Å². The number of aromatic nitrogens is 3. The van der Waals surface area contributed by atoms with Gasteiger partial charge >= 0.3 is 0 Å². The number of carbonyl (C=O) groups excluding carboxylic acids is 1. The Balaban J connectivity index is 1.51. The number of nitrogens with zero attached hydrogens (tertiary/aromatic N) is 5. The SMILES string of the molecule is Cc1nc(C)n(C[C@H]2CCCN(CC(=O)N3CCOCC3)C2)n1. The third-order valence-electron chi connectivity index (χ3n) is 4.72. The maximum absolute atomic E-state index is 12.4. The van der Waals surface area contributed by atoms with Crippen molar-refractivity contribution in [1.82, 2.24) is 24.6 Å². The van der Waals surface area contributed by atoms with Crippen LogP contribution in [0.15, 0.2) is 0 Å². The van der Waals surface area contributed by atoms with E-state index in [1.807, 2.05) is 23.4 Å². The van der Waals surface area contributed by atoms with Gasteiger partial charge in [-0.3, -0.25) is 9.69 Å². The lowest BCUT2D eigenvalue weighted by Crippen LogP contribution is -2.48. The van der Waals surface area contributed by atoms with Crippen LogP contribution in [0.2, 0.25) is 0 Å². The zero-order valence-electron chi connectivity index (χ0n) is 14.2. The third-order valence-corrected chi connectivity index (χ3v) is 4.72. The second-order valence-electron chi connectivity index (χ2n) is 6.62. The van der Waals surface area contributed by atoms with Crippen molar-refractivity contribution in [3.05, 3.63) is 11.6 Å². The van der Waals surface area contributed by atoms with Crippen LogP contribution in [0.4, 0.5) is 0 Å². The van der Waals surface area contributed by atoms with Crippen LogP contribution in [0.25, 0.3) is 0 Å². The van der Waals surface area contributed by atoms with E-state index in [-0.39, 0.29) is 5.91 Å². The monoisotopic (exact) mass is 321 g/mol. The topological polar surface area (TPSA) is 63.5 Å². The molecule has 7 heteroatoms. The molecule has 3 heterocycles. The van der Waals surface area contributed by atoms with Crippen molar-refractivity contribution in [2.24, 2.45) is 5.92 Å². The lowest BCUT2D eigenvalue weighted by molar-refractivity contribution is -0.136. The number of aryl methyl sites for hydroxylation is 2. The lowest BCUT2D eigenvalue weighted by Gasteiger charge is -2.34. The first-order valence-corrected chi connectivity index (χ1v) is 8.58. The molecule has 0 spiro atoms. The normalized spacial score (nSPS) is 23.2. The number of likely N-dealkylation sites (tertiary alicyclic amines) is 1. The quantitative estimate of drug-likeness (QED) is 0.806. The molecule has 0 aliphatic carbocycles. The van der Waals surface area contributed by atoms with E-state index in [0.29, 0.717) is 25.7 Å². The summed E-state index contributed by atoms with van der Waals surface area (Å²) in [6.45, 7) is 10.1. The van der Waals surface area contributed by atoms with E-state index < -0.39 is 0 Å². The molecule has 0 aromatic carbocycles. The van der Waals surface area contributed by atoms with Gasteiger partial charge in [-0.05, 0) is 39.2 Å². The number of amides is 1. The molecular weight excluding hydrogens is 294 g/mol. The van der Waals surface area contributed by atoms with Crippen LogP contribution in [-0.2, 0) is 16.1 Å². The van der Waals surface area contributed by atoms with Gasteiger partial charge < -0.3 is 9.64 Å². The van der Waals surface area contributed by atoms with Gasteiger partial charge in [-0.2, -0.15) is 5.10 Å². The Labute approximate surface area is 137 Å². The number of ether oxygens (including phenoxy) is 1. The zero-order chi connectivity index (χ0) is 16.2. The van der Waals surface area contributed by atoms with Gasteiger partial charge in [0, 0.05) is 26.2 Å². The number of rotatable bonds is 4. The molecule has 1 aromatic heterocycles. The first-order chi connectivity index (χ1) is 11.1. The summed E-state index contributed by atoms with van der Waals surface area (Å²) in [5.74, 6) is 2.59. The largest absolute Gasteiger partial charge is 0.378 e. The molecule has 0 saturated carbocycles. The highest BCUT2D eigenvalue weighted by molar-refractivity contribution is 5.78. The minimum Gasteiger partial charge on any atom is -0.378 e. The minimum atomic E-state index is 0.238. The first-order valence-electron chi connectivity index (χ1n) is 8.58. The van der Waals surface area contributed by atoms with Crippen LogP contribution < -0.4 is 0 Å². The molecule has 0 N–H and O–H groups in total. The van der Waals surface area contributed by atoms with Crippen LogP contribution in [0.5, 0.6) is 0 Å². The molecule has 3 rings (SSSR count). The molecule has 1 amide bonds. The smallest absolute Gasteiger partial charge is 0.236 e. The van der Waals surface area contributed by atoms with E-state index >= 15 is 0 Å². The summed E-state index contributed by atoms with van der Waals surface area (Å²) < 4.78 is 7.32. The second kappa shape index (κ2) is 7.40. The number of morpholine rings is 1. The van der Waals surface area contributed by atoms with Gasteiger partial charge in [0.1, 0.15) is 11.6 Å². The Morgan fingerprint density at radius 1 is 1.26 bits per heavy atom. The van der Waals surface area contributed by atoms with Crippen LogP contribution in [-0.4, -0.2) is 76.4 Å². The summed E-state index contributed by atoms with van der Waals surface area (Å²) in [5, 5.41) is 4.46. The van der Waals surface area contributed by atoms with Gasteiger partial charge in [-0.25, -0.2) is 9.67 Å². The standard InChI is InChI=1S/C16H27N5O2/c1-13-17-14(2)21(18-13)11-15-4-3-5-19(10-15)12-16(22)20-6-8-23-9-7-20/h15H,3-12H2,1-2H3/t15-/m0/s1. The maximum atomic E-state index is 12.4. The van der Waals surface area contributed by atoms with Gasteiger partial charge in [0.2, 0.25) is 5.91 Å². The van der Waals surface area contributed by atoms with Crippen molar-refractivity contribution in [1.29, 1.82) is 0 Å². The molecular formula is C16H27N5O2. The van der Waals surface area contributed by atoms with E-state index in [1.54, 1.807) is 0 Å². The molecule has 2 aliphatic heterocycles. The highest BCUT2D eigenvalue weighted by atomic mass is 16.5. The van der Waals surface area contributed by atoms with Crippen molar-refractivity contribution in [2.45, 2.75) is 33.2 Å². The Hall–Kier alpha value is -1.47. The lowest BCUT2D eigenvalue weighted by atomic mass is 9.98. The summed E-state index contributed by atoms with van der Waals surface area (Å²) in [4.78, 5) is 21.0. The number of carbonyl (C=O) groups is 1. The zero-order valence-corrected chi connectivity index (χ0v) is 14.2. The molecule has 1 aromatic rings. The number of hydrogen-bond donors (Lipinski definition) is 0. The average molecular weight is 321 g/mol. The molecule has 0 bridgehead atoms. The molecule has 23 heavy (non-hydrogen) atoms. The summed E-state index contributed by atoms with van der Waals surface area (Å²) in [7, 11) is 0. The molecule has 1 atom stereocenters. The van der Waals surface area contributed by atoms with Crippen LogP contribution in [0, 0.1) is 19.8 Å². The number of hydrogen-bond acceptors (Lipinski definition) is 5. The molecule has 2 fully saturated rings. The molecule has 0 radical (unpaired) electrons. The van der Waals surface area contributed by atoms with E-state index in [2.05, 4.69) is 15.0 Å². The Kier molecular flexibility index (Phi) is 5.27. The average Bonchev–Trinajstić information content (AvgIpc) is 2.86. The molecule has 128 valence electrons. The fraction of sp³-hybridized carbons (Fsp3) is 0.812. The first kappa shape index (κ1) is 16.4. The van der Waals surface area contributed by atoms with Crippen molar-refractivity contribution in [2.75, 3.05) is 45.9 Å². The van der Waals surface area contributed by atoms with E-state index in [9.17, 15) is 4.79 Å². The summed E-state index contributed by atoms with van der Waals surface area (Å²) in [5.41, 5.74) is 0. The Morgan fingerprint density at radius 3 is 2.74 bits per heavy atom. The fourth-order valence-corrected chi connectivity index (χ4v) is 3.53. The minimum absolute atomic E-state index is 0.238. The van der Waals surface area contributed by atoms with E-state index in [0.717, 1.165) is 50.8 Å². The molecule has 2 aliphatic rings. The predicted octanol–water partition coefficient (Wildman–Crippen LogP) is 0.466. The summed E-state index contributed by atoms with van der Waals surface area (Å²) in [6, 6.07) is 0. The van der Waals surface area contributed by atoms with Gasteiger partial charge in [-0.1, -0.05) is 0 Å². The third kappa shape index (κ3) is 4.29. The van der Waals surface area contributed by atoms with E-state index in [4.69, 9.17) is 4.74 Å². The number of piperidine rings is 1. The summed E-state index contributed by atoms with van der Waals surface area (Å²) >= 11 is 0. The van der Waals surface area contributed by atoms with Crippen molar-refractivity contribution < 1.29 is 9.53 Å². The highest BCUT2D eigenvalue weighted by Crippen LogP contribution is 2.19. The fourth-order valence-electron chi connectivity index (χ4n) is 3.53. The van der Waals surface area contributed by atoms with Gasteiger partial charge in [0.05, 0.1) is 19.8 Å². The van der Waals surface area contributed by atoms with Crippen LogP contribution >= 0.6 is 0 Å². The summed E-state index contributed by atoms with van der Waals surface area (Å²) in [6.07, 6.45) is 2.34. The maximum Gasteiger partial charge on any atom is 0.236 e. The van der Waals surface area contributed by atoms with Gasteiger partial charge in [-0.15, -0.1) is 0 Å². The van der Waals surface area contributed by atoms with Crippen LogP contribution in [0.1, 0.15) is 24.5 Å². The Bertz CT molecular complexity index is 539. The Morgan fingerprint density at radius 2 is 2.04 bits per heavy atom. The van der Waals surface area contributed by atoms with Crippen molar-refractivity contribution in [3.63, 3.8) is 0 Å². The van der Waals surface area contributed by atoms with Crippen molar-refractivity contribution >= 4 is 5.91 Å². The van der Waals surface area contributed by atoms with E-state index in [1.165, 1.54) is 6.42 Å². The molecule has 0 unspecified atom stereocenters. The highest BCUT2D eigenvalue weighted by Gasteiger charge is 2.25.